The topological polar surface area (TPSA) is 104 Å². The van der Waals surface area contributed by atoms with Crippen LogP contribution in [0.3, 0.4) is 0 Å². The van der Waals surface area contributed by atoms with Gasteiger partial charge in [0.1, 0.15) is 11.8 Å². The van der Waals surface area contributed by atoms with E-state index in [9.17, 15) is 5.26 Å². The lowest BCUT2D eigenvalue weighted by molar-refractivity contribution is 1.18. The number of aromatic nitrogens is 4. The molecule has 0 bridgehead atoms. The number of fused-ring (bicyclic) bond motifs is 1. The first-order chi connectivity index (χ1) is 12.2. The largest absolute Gasteiger partial charge is 0.381 e. The number of benzene rings is 1. The Morgan fingerprint density at radius 1 is 1.12 bits per heavy atom. The molecule has 0 unspecified atom stereocenters. The zero-order valence-corrected chi connectivity index (χ0v) is 13.5. The number of aryl methyl sites for hydroxylation is 1. The third kappa shape index (κ3) is 2.48. The minimum atomic E-state index is 0.123. The van der Waals surface area contributed by atoms with Gasteiger partial charge in [-0.15, -0.1) is 0 Å². The zero-order valence-electron chi connectivity index (χ0n) is 13.5. The van der Waals surface area contributed by atoms with Crippen molar-refractivity contribution in [3.63, 3.8) is 0 Å². The van der Waals surface area contributed by atoms with Crippen LogP contribution in [-0.2, 0) is 0 Å². The van der Waals surface area contributed by atoms with Crippen molar-refractivity contribution < 1.29 is 0 Å². The lowest BCUT2D eigenvalue weighted by Crippen LogP contribution is -2.03. The van der Waals surface area contributed by atoms with E-state index < -0.39 is 0 Å². The summed E-state index contributed by atoms with van der Waals surface area (Å²) in [5.74, 6) is 0.129. The number of hydrogen-bond acceptors (Lipinski definition) is 5. The summed E-state index contributed by atoms with van der Waals surface area (Å²) in [6, 6.07) is 11.7. The highest BCUT2D eigenvalue weighted by Crippen LogP contribution is 2.33. The van der Waals surface area contributed by atoms with Crippen LogP contribution in [-0.4, -0.2) is 19.9 Å². The van der Waals surface area contributed by atoms with E-state index in [1.807, 2.05) is 55.7 Å². The SMILES string of the molecule is Cc1c[nH]cc1-c1nc(N)c(C#N)nc1-c1ccc2ncccc2c1. The molecule has 25 heavy (non-hydrogen) atoms. The van der Waals surface area contributed by atoms with Crippen LogP contribution in [0.25, 0.3) is 33.4 Å². The van der Waals surface area contributed by atoms with Crippen LogP contribution in [0.1, 0.15) is 11.3 Å². The number of nitrogens with two attached hydrogens (primary N) is 1. The molecule has 4 rings (SSSR count). The number of nitrogen functional groups attached to an aromatic ring is 1. The molecular weight excluding hydrogens is 312 g/mol. The van der Waals surface area contributed by atoms with Gasteiger partial charge in [0.05, 0.1) is 11.2 Å². The Labute approximate surface area is 144 Å². The lowest BCUT2D eigenvalue weighted by Gasteiger charge is -2.11. The average Bonchev–Trinajstić information content (AvgIpc) is 3.07. The molecule has 1 aromatic carbocycles. The quantitative estimate of drug-likeness (QED) is 0.587. The molecule has 0 spiro atoms. The van der Waals surface area contributed by atoms with Crippen LogP contribution in [0.2, 0.25) is 0 Å². The summed E-state index contributed by atoms with van der Waals surface area (Å²) in [5.41, 5.74) is 11.0. The van der Waals surface area contributed by atoms with Crippen molar-refractivity contribution in [3.8, 4) is 28.6 Å². The molecule has 0 aliphatic carbocycles. The second-order valence-corrected chi connectivity index (χ2v) is 5.73. The molecule has 0 radical (unpaired) electrons. The second kappa shape index (κ2) is 5.73. The Balaban J connectivity index is 2.01. The Hall–Kier alpha value is -3.72. The molecule has 0 saturated heterocycles. The van der Waals surface area contributed by atoms with Gasteiger partial charge in [-0.3, -0.25) is 4.98 Å². The van der Waals surface area contributed by atoms with Gasteiger partial charge in [0, 0.05) is 35.1 Å². The van der Waals surface area contributed by atoms with Crippen molar-refractivity contribution in [1.82, 2.24) is 19.9 Å². The third-order valence-corrected chi connectivity index (χ3v) is 4.11. The maximum atomic E-state index is 9.29. The number of pyridine rings is 1. The van der Waals surface area contributed by atoms with Crippen molar-refractivity contribution in [2.24, 2.45) is 0 Å². The van der Waals surface area contributed by atoms with Gasteiger partial charge in [0.25, 0.3) is 0 Å². The molecule has 0 saturated carbocycles. The van der Waals surface area contributed by atoms with Crippen molar-refractivity contribution in [2.45, 2.75) is 6.92 Å². The summed E-state index contributed by atoms with van der Waals surface area (Å²) in [7, 11) is 0. The molecule has 3 heterocycles. The molecule has 6 nitrogen and oxygen atoms in total. The predicted octanol–water partition coefficient (Wildman–Crippen LogP) is 3.45. The number of nitrogens with zero attached hydrogens (tertiary/aromatic N) is 4. The van der Waals surface area contributed by atoms with E-state index in [0.29, 0.717) is 11.4 Å². The number of anilines is 1. The number of hydrogen-bond donors (Lipinski definition) is 2. The highest BCUT2D eigenvalue weighted by molar-refractivity contribution is 5.88. The van der Waals surface area contributed by atoms with Gasteiger partial charge in [-0.1, -0.05) is 12.1 Å². The molecular formula is C19H14N6. The first kappa shape index (κ1) is 14.8. The smallest absolute Gasteiger partial charge is 0.183 e. The van der Waals surface area contributed by atoms with Crippen LogP contribution in [0.15, 0.2) is 48.9 Å². The summed E-state index contributed by atoms with van der Waals surface area (Å²) in [5, 5.41) is 10.3. The summed E-state index contributed by atoms with van der Waals surface area (Å²) in [4.78, 5) is 16.3. The summed E-state index contributed by atoms with van der Waals surface area (Å²) >= 11 is 0. The fourth-order valence-electron chi connectivity index (χ4n) is 2.84. The second-order valence-electron chi connectivity index (χ2n) is 5.73. The van der Waals surface area contributed by atoms with Crippen LogP contribution >= 0.6 is 0 Å². The molecule has 0 aliphatic rings. The van der Waals surface area contributed by atoms with E-state index in [1.165, 1.54) is 0 Å². The average molecular weight is 326 g/mol. The number of H-pyrrole nitrogens is 1. The fraction of sp³-hybridized carbons (Fsp3) is 0.0526. The first-order valence-electron chi connectivity index (χ1n) is 7.74. The van der Waals surface area contributed by atoms with Crippen molar-refractivity contribution in [2.75, 3.05) is 5.73 Å². The molecule has 120 valence electrons. The monoisotopic (exact) mass is 326 g/mol. The first-order valence-corrected chi connectivity index (χ1v) is 7.74. The number of rotatable bonds is 2. The molecule has 3 aromatic heterocycles. The third-order valence-electron chi connectivity index (χ3n) is 4.11. The minimum absolute atomic E-state index is 0.123. The van der Waals surface area contributed by atoms with Gasteiger partial charge >= 0.3 is 0 Å². The van der Waals surface area contributed by atoms with Crippen molar-refractivity contribution >= 4 is 16.7 Å². The summed E-state index contributed by atoms with van der Waals surface area (Å²) in [6.45, 7) is 1.98. The number of nitrogens with one attached hydrogen (secondary N) is 1. The summed E-state index contributed by atoms with van der Waals surface area (Å²) < 4.78 is 0. The molecule has 0 aliphatic heterocycles. The molecule has 6 heteroatoms. The Morgan fingerprint density at radius 2 is 2.00 bits per heavy atom. The number of aromatic amines is 1. The van der Waals surface area contributed by atoms with Crippen LogP contribution in [0, 0.1) is 18.3 Å². The molecule has 3 N–H and O–H groups in total. The zero-order chi connectivity index (χ0) is 17.4. The molecule has 0 fully saturated rings. The summed E-state index contributed by atoms with van der Waals surface area (Å²) in [6.07, 6.45) is 5.50. The van der Waals surface area contributed by atoms with Crippen LogP contribution in [0.4, 0.5) is 5.82 Å². The molecule has 4 aromatic rings. The van der Waals surface area contributed by atoms with Crippen molar-refractivity contribution in [1.29, 1.82) is 5.26 Å². The predicted molar refractivity (Wildman–Crippen MR) is 96.4 cm³/mol. The van der Waals surface area contributed by atoms with E-state index in [2.05, 4.69) is 19.9 Å². The van der Waals surface area contributed by atoms with Gasteiger partial charge in [0.2, 0.25) is 0 Å². The van der Waals surface area contributed by atoms with E-state index >= 15 is 0 Å². The van der Waals surface area contributed by atoms with Gasteiger partial charge in [-0.2, -0.15) is 5.26 Å². The fourth-order valence-corrected chi connectivity index (χ4v) is 2.84. The van der Waals surface area contributed by atoms with Crippen LogP contribution < -0.4 is 5.73 Å². The Morgan fingerprint density at radius 3 is 2.76 bits per heavy atom. The van der Waals surface area contributed by atoms with Crippen LogP contribution in [0.5, 0.6) is 0 Å². The minimum Gasteiger partial charge on any atom is -0.381 e. The lowest BCUT2D eigenvalue weighted by atomic mass is 10.0. The highest BCUT2D eigenvalue weighted by Gasteiger charge is 2.17. The maximum absolute atomic E-state index is 9.29. The maximum Gasteiger partial charge on any atom is 0.183 e. The molecule has 0 amide bonds. The van der Waals surface area contributed by atoms with Gasteiger partial charge in [-0.25, -0.2) is 9.97 Å². The number of nitriles is 1. The van der Waals surface area contributed by atoms with Gasteiger partial charge in [-0.05, 0) is 30.7 Å². The van der Waals surface area contributed by atoms with E-state index in [0.717, 1.165) is 27.6 Å². The van der Waals surface area contributed by atoms with E-state index in [-0.39, 0.29) is 11.5 Å². The molecule has 0 atom stereocenters. The normalized spacial score (nSPS) is 10.7. The Bertz CT molecular complexity index is 1140. The Kier molecular flexibility index (Phi) is 3.40. The van der Waals surface area contributed by atoms with E-state index in [1.54, 1.807) is 6.20 Å². The highest BCUT2D eigenvalue weighted by atomic mass is 14.9. The standard InChI is InChI=1S/C19H14N6/c1-11-9-22-10-14(11)18-17(24-16(8-20)19(21)25-18)13-4-5-15-12(7-13)3-2-6-23-15/h2-7,9-10,22H,1H3,(H2,21,25). The van der Waals surface area contributed by atoms with Crippen molar-refractivity contribution in [3.05, 3.63) is 60.2 Å². The van der Waals surface area contributed by atoms with E-state index in [4.69, 9.17) is 5.73 Å². The van der Waals surface area contributed by atoms with Gasteiger partial charge in [0.15, 0.2) is 11.5 Å². The van der Waals surface area contributed by atoms with Gasteiger partial charge < -0.3 is 10.7 Å².